The van der Waals surface area contributed by atoms with Crippen molar-refractivity contribution in [3.05, 3.63) is 42.2 Å². The highest BCUT2D eigenvalue weighted by Crippen LogP contribution is 2.40. The van der Waals surface area contributed by atoms with Crippen LogP contribution in [0.4, 0.5) is 5.13 Å². The zero-order chi connectivity index (χ0) is 25.1. The minimum absolute atomic E-state index is 0. The number of nitrogens with zero attached hydrogens (tertiary/aromatic N) is 3. The number of methoxy groups -OCH3 is 3. The average molecular weight is 548 g/mol. The summed E-state index contributed by atoms with van der Waals surface area (Å²) in [4.78, 5) is 22.7. The molecule has 2 aromatic carbocycles. The van der Waals surface area contributed by atoms with E-state index in [0.29, 0.717) is 40.0 Å². The van der Waals surface area contributed by atoms with Gasteiger partial charge in [0.2, 0.25) is 0 Å². The van der Waals surface area contributed by atoms with Crippen LogP contribution in [-0.4, -0.2) is 76.5 Å². The maximum atomic E-state index is 13.8. The van der Waals surface area contributed by atoms with Gasteiger partial charge in [-0.2, -0.15) is 0 Å². The highest BCUT2D eigenvalue weighted by Gasteiger charge is 2.27. The normalized spacial score (nSPS) is 13.9. The molecule has 3 heterocycles. The molecule has 0 saturated carbocycles. The quantitative estimate of drug-likeness (QED) is 0.294. The molecule has 0 unspecified atom stereocenters. The van der Waals surface area contributed by atoms with Crippen molar-refractivity contribution in [1.82, 2.24) is 9.88 Å². The summed E-state index contributed by atoms with van der Waals surface area (Å²) in [5.74, 6) is 1.87. The zero-order valence-electron chi connectivity index (χ0n) is 21.0. The third-order valence-electron chi connectivity index (χ3n) is 6.27. The number of thiazole rings is 1. The summed E-state index contributed by atoms with van der Waals surface area (Å²) in [5, 5.41) is 1.37. The molecule has 0 spiro atoms. The Morgan fingerprint density at radius 2 is 1.78 bits per heavy atom. The maximum absolute atomic E-state index is 13.8. The molecule has 0 N–H and O–H groups in total. The van der Waals surface area contributed by atoms with Gasteiger partial charge in [-0.15, -0.1) is 12.4 Å². The Morgan fingerprint density at radius 1 is 1.05 bits per heavy atom. The molecular weight excluding hydrogens is 518 g/mol. The molecule has 0 aliphatic carbocycles. The molecule has 37 heavy (non-hydrogen) atoms. The maximum Gasteiger partial charge on any atom is 0.295 e. The Kier molecular flexibility index (Phi) is 8.75. The minimum atomic E-state index is -0.257. The van der Waals surface area contributed by atoms with Gasteiger partial charge >= 0.3 is 0 Å². The molecule has 1 amide bonds. The first-order valence-electron chi connectivity index (χ1n) is 11.8. The summed E-state index contributed by atoms with van der Waals surface area (Å²) >= 11 is 1.40. The lowest BCUT2D eigenvalue weighted by atomic mass is 10.2. The van der Waals surface area contributed by atoms with Crippen LogP contribution in [0.15, 0.2) is 40.8 Å². The molecule has 198 valence electrons. The number of morpholine rings is 1. The number of aromatic nitrogens is 1. The van der Waals surface area contributed by atoms with E-state index in [1.54, 1.807) is 32.3 Å². The van der Waals surface area contributed by atoms with Crippen LogP contribution >= 0.6 is 23.7 Å². The van der Waals surface area contributed by atoms with Crippen LogP contribution in [0.2, 0.25) is 0 Å². The number of rotatable bonds is 9. The summed E-state index contributed by atoms with van der Waals surface area (Å²) in [7, 11) is 4.81. The number of halogens is 1. The monoisotopic (exact) mass is 547 g/mol. The molecule has 1 saturated heterocycles. The number of anilines is 1. The molecule has 2 aromatic heterocycles. The van der Waals surface area contributed by atoms with Crippen molar-refractivity contribution in [2.45, 2.75) is 6.42 Å². The Hall–Kier alpha value is -3.05. The van der Waals surface area contributed by atoms with Crippen molar-refractivity contribution in [3.63, 3.8) is 0 Å². The first-order chi connectivity index (χ1) is 17.6. The zero-order valence-corrected chi connectivity index (χ0v) is 22.7. The van der Waals surface area contributed by atoms with Crippen molar-refractivity contribution in [2.24, 2.45) is 0 Å². The smallest absolute Gasteiger partial charge is 0.295 e. The van der Waals surface area contributed by atoms with Crippen LogP contribution in [0.25, 0.3) is 21.2 Å². The number of ether oxygens (including phenoxy) is 4. The van der Waals surface area contributed by atoms with E-state index in [-0.39, 0.29) is 24.1 Å². The average Bonchev–Trinajstić information content (AvgIpc) is 3.56. The van der Waals surface area contributed by atoms with Crippen molar-refractivity contribution < 1.29 is 28.2 Å². The van der Waals surface area contributed by atoms with Gasteiger partial charge in [0, 0.05) is 31.6 Å². The lowest BCUT2D eigenvalue weighted by molar-refractivity contribution is 0.0376. The fraction of sp³-hybridized carbons (Fsp3) is 0.385. The van der Waals surface area contributed by atoms with E-state index in [9.17, 15) is 4.79 Å². The fourth-order valence-corrected chi connectivity index (χ4v) is 5.49. The predicted octanol–water partition coefficient (Wildman–Crippen LogP) is 4.86. The molecule has 1 aliphatic heterocycles. The number of furan rings is 1. The second kappa shape index (κ2) is 12.0. The molecular formula is C26H30ClN3O6S. The lowest BCUT2D eigenvalue weighted by Crippen LogP contribution is -2.39. The molecule has 0 bridgehead atoms. The molecule has 0 radical (unpaired) electrons. The number of carbonyl (C=O) groups excluding carboxylic acids is 1. The molecule has 1 aliphatic rings. The summed E-state index contributed by atoms with van der Waals surface area (Å²) in [6.07, 6.45) is 0.777. The molecule has 4 aromatic rings. The van der Waals surface area contributed by atoms with Crippen molar-refractivity contribution in [3.8, 4) is 17.2 Å². The largest absolute Gasteiger partial charge is 0.495 e. The number of benzene rings is 2. The van der Waals surface area contributed by atoms with Crippen LogP contribution in [0.1, 0.15) is 17.0 Å². The van der Waals surface area contributed by atoms with Gasteiger partial charge in [0.05, 0.1) is 34.5 Å². The highest BCUT2D eigenvalue weighted by atomic mass is 35.5. The van der Waals surface area contributed by atoms with Crippen molar-refractivity contribution in [1.29, 1.82) is 0 Å². The van der Waals surface area contributed by atoms with Gasteiger partial charge in [-0.3, -0.25) is 14.6 Å². The van der Waals surface area contributed by atoms with E-state index >= 15 is 0 Å². The summed E-state index contributed by atoms with van der Waals surface area (Å²) in [5.41, 5.74) is 1.21. The summed E-state index contributed by atoms with van der Waals surface area (Å²) in [6, 6.07) is 11.0. The second-order valence-electron chi connectivity index (χ2n) is 8.40. The molecule has 1 fully saturated rings. The van der Waals surface area contributed by atoms with Crippen molar-refractivity contribution in [2.75, 3.05) is 65.6 Å². The fourth-order valence-electron chi connectivity index (χ4n) is 4.39. The van der Waals surface area contributed by atoms with E-state index in [4.69, 9.17) is 28.3 Å². The number of hydrogen-bond acceptors (Lipinski definition) is 9. The first-order valence-corrected chi connectivity index (χ1v) is 12.6. The Bertz CT molecular complexity index is 1330. The SMILES string of the molecule is COc1ccc(OC)c2sc(N(CCCN3CCOCC3)C(=O)c3cc4cccc(OC)c4o3)nc12.Cl. The topological polar surface area (TPSA) is 86.5 Å². The third-order valence-corrected chi connectivity index (χ3v) is 7.37. The van der Waals surface area contributed by atoms with E-state index < -0.39 is 0 Å². The van der Waals surface area contributed by atoms with Crippen LogP contribution < -0.4 is 19.1 Å². The first kappa shape index (κ1) is 27.0. The number of carbonyl (C=O) groups is 1. The number of hydrogen-bond donors (Lipinski definition) is 0. The van der Waals surface area contributed by atoms with E-state index in [1.165, 1.54) is 11.3 Å². The molecule has 9 nitrogen and oxygen atoms in total. The Labute approximate surface area is 225 Å². The van der Waals surface area contributed by atoms with Crippen LogP contribution in [0.3, 0.4) is 0 Å². The van der Waals surface area contributed by atoms with Gasteiger partial charge in [0.25, 0.3) is 5.91 Å². The van der Waals surface area contributed by atoms with Gasteiger partial charge in [-0.1, -0.05) is 23.5 Å². The van der Waals surface area contributed by atoms with Gasteiger partial charge in [0.1, 0.15) is 21.7 Å². The lowest BCUT2D eigenvalue weighted by Gasteiger charge is -2.27. The van der Waals surface area contributed by atoms with Crippen molar-refractivity contribution >= 4 is 56.0 Å². The van der Waals surface area contributed by atoms with Crippen LogP contribution in [-0.2, 0) is 4.74 Å². The van der Waals surface area contributed by atoms with E-state index in [1.807, 2.05) is 30.3 Å². The minimum Gasteiger partial charge on any atom is -0.495 e. The summed E-state index contributed by atoms with van der Waals surface area (Å²) in [6.45, 7) is 4.61. The number of amides is 1. The van der Waals surface area contributed by atoms with E-state index in [0.717, 1.165) is 49.4 Å². The second-order valence-corrected chi connectivity index (χ2v) is 9.38. The predicted molar refractivity (Wildman–Crippen MR) is 146 cm³/mol. The highest BCUT2D eigenvalue weighted by molar-refractivity contribution is 7.22. The molecule has 11 heteroatoms. The van der Waals surface area contributed by atoms with Gasteiger partial charge < -0.3 is 23.4 Å². The van der Waals surface area contributed by atoms with Gasteiger partial charge in [0.15, 0.2) is 22.2 Å². The molecule has 0 atom stereocenters. The molecule has 5 rings (SSSR count). The van der Waals surface area contributed by atoms with Gasteiger partial charge in [-0.25, -0.2) is 4.98 Å². The third kappa shape index (κ3) is 5.47. The Balaban J connectivity index is 0.00000320. The van der Waals surface area contributed by atoms with Crippen LogP contribution in [0.5, 0.6) is 17.2 Å². The van der Waals surface area contributed by atoms with Crippen LogP contribution in [0, 0.1) is 0 Å². The Morgan fingerprint density at radius 3 is 2.51 bits per heavy atom. The van der Waals surface area contributed by atoms with E-state index in [2.05, 4.69) is 4.90 Å². The summed E-state index contributed by atoms with van der Waals surface area (Å²) < 4.78 is 28.8. The standard InChI is InChI=1S/C26H29N3O6S.ClH/c1-31-18-8-9-20(33-3)24-22(18)27-26(36-24)29(11-5-10-28-12-14-34-15-13-28)25(30)21-16-17-6-4-7-19(32-2)23(17)35-21;/h4,6-9,16H,5,10-15H2,1-3H3;1H. The number of para-hydroxylation sites is 1. The van der Waals surface area contributed by atoms with Gasteiger partial charge in [-0.05, 0) is 30.7 Å². The number of fused-ring (bicyclic) bond motifs is 2.